The first-order chi connectivity index (χ1) is 9.13. The maximum absolute atomic E-state index is 12.5. The molecule has 110 valence electrons. The second-order valence-electron chi connectivity index (χ2n) is 4.02. The van der Waals surface area contributed by atoms with Crippen molar-refractivity contribution < 1.29 is 37.7 Å². The van der Waals surface area contributed by atoms with E-state index in [0.29, 0.717) is 6.07 Å². The molecule has 0 spiro atoms. The number of carboxylic acid groups (broad SMARTS) is 2. The van der Waals surface area contributed by atoms with Gasteiger partial charge >= 0.3 is 18.1 Å². The lowest BCUT2D eigenvalue weighted by Gasteiger charge is -2.23. The lowest BCUT2D eigenvalue weighted by atomic mass is 9.93. The summed E-state index contributed by atoms with van der Waals surface area (Å²) in [6.45, 7) is 0. The van der Waals surface area contributed by atoms with Gasteiger partial charge in [0.05, 0.1) is 5.56 Å². The highest BCUT2D eigenvalue weighted by Gasteiger charge is 2.47. The molecule has 1 aromatic carbocycles. The zero-order chi connectivity index (χ0) is 15.6. The van der Waals surface area contributed by atoms with Crippen LogP contribution < -0.4 is 0 Å². The van der Waals surface area contributed by atoms with E-state index in [1.165, 1.54) is 6.07 Å². The smallest absolute Gasteiger partial charge is 0.416 e. The van der Waals surface area contributed by atoms with E-state index >= 15 is 0 Å². The van der Waals surface area contributed by atoms with Gasteiger partial charge in [-0.1, -0.05) is 18.2 Å². The van der Waals surface area contributed by atoms with Gasteiger partial charge in [-0.2, -0.15) is 13.2 Å². The number of rotatable bonds is 5. The highest BCUT2D eigenvalue weighted by molar-refractivity contribution is 6.02. The van der Waals surface area contributed by atoms with Crippen molar-refractivity contribution >= 4 is 11.9 Å². The van der Waals surface area contributed by atoms with Gasteiger partial charge in [0, 0.05) is 13.5 Å². The van der Waals surface area contributed by atoms with Crippen LogP contribution in [0.5, 0.6) is 0 Å². The minimum atomic E-state index is -4.60. The third-order valence-corrected chi connectivity index (χ3v) is 2.75. The molecule has 0 aliphatic heterocycles. The molecule has 0 bridgehead atoms. The molecular weight excluding hydrogens is 281 g/mol. The van der Waals surface area contributed by atoms with E-state index in [4.69, 9.17) is 10.2 Å². The van der Waals surface area contributed by atoms with Crippen LogP contribution in [0.1, 0.15) is 11.1 Å². The number of hydrogen-bond donors (Lipinski definition) is 2. The van der Waals surface area contributed by atoms with Gasteiger partial charge in [-0.3, -0.25) is 0 Å². The lowest BCUT2D eigenvalue weighted by molar-refractivity contribution is -0.179. The van der Waals surface area contributed by atoms with Crippen molar-refractivity contribution in [3.05, 3.63) is 35.4 Å². The summed E-state index contributed by atoms with van der Waals surface area (Å²) < 4.78 is 42.1. The van der Waals surface area contributed by atoms with Crippen LogP contribution in [-0.4, -0.2) is 34.9 Å². The molecule has 0 aliphatic carbocycles. The number of carbonyl (C=O) groups is 2. The number of benzene rings is 1. The van der Waals surface area contributed by atoms with Crippen LogP contribution in [0, 0.1) is 0 Å². The number of methoxy groups -OCH3 is 1. The van der Waals surface area contributed by atoms with Gasteiger partial charge in [-0.05, 0) is 11.6 Å². The summed E-state index contributed by atoms with van der Waals surface area (Å²) in [5.74, 6) is -3.57. The Bertz CT molecular complexity index is 510. The number of hydrogen-bond acceptors (Lipinski definition) is 3. The predicted molar refractivity (Wildman–Crippen MR) is 60.2 cm³/mol. The van der Waals surface area contributed by atoms with Crippen LogP contribution in [0.3, 0.4) is 0 Å². The quantitative estimate of drug-likeness (QED) is 0.808. The van der Waals surface area contributed by atoms with E-state index in [2.05, 4.69) is 4.74 Å². The topological polar surface area (TPSA) is 83.8 Å². The maximum Gasteiger partial charge on any atom is 0.416 e. The van der Waals surface area contributed by atoms with Crippen molar-refractivity contribution in [3.63, 3.8) is 0 Å². The van der Waals surface area contributed by atoms with E-state index in [0.717, 1.165) is 19.2 Å². The van der Waals surface area contributed by atoms with Crippen LogP contribution in [0.4, 0.5) is 13.2 Å². The van der Waals surface area contributed by atoms with Crippen molar-refractivity contribution in [2.45, 2.75) is 18.2 Å². The number of carboxylic acids is 2. The van der Waals surface area contributed by atoms with Crippen molar-refractivity contribution in [1.29, 1.82) is 0 Å². The monoisotopic (exact) mass is 292 g/mol. The van der Waals surface area contributed by atoms with Crippen LogP contribution in [0.2, 0.25) is 0 Å². The summed E-state index contributed by atoms with van der Waals surface area (Å²) in [5, 5.41) is 17.9. The highest BCUT2D eigenvalue weighted by Crippen LogP contribution is 2.30. The molecule has 0 aromatic heterocycles. The summed E-state index contributed by atoms with van der Waals surface area (Å²) in [7, 11) is 0.871. The molecule has 0 unspecified atom stereocenters. The van der Waals surface area contributed by atoms with Crippen LogP contribution >= 0.6 is 0 Å². The Morgan fingerprint density at radius 1 is 1.20 bits per heavy atom. The number of alkyl halides is 3. The lowest BCUT2D eigenvalue weighted by Crippen LogP contribution is -2.50. The fraction of sp³-hybridized carbons (Fsp3) is 0.333. The summed E-state index contributed by atoms with van der Waals surface area (Å²) in [5.41, 5.74) is -3.72. The minimum absolute atomic E-state index is 0.105. The van der Waals surface area contributed by atoms with Gasteiger partial charge in [-0.15, -0.1) is 0 Å². The van der Waals surface area contributed by atoms with Crippen molar-refractivity contribution in [2.75, 3.05) is 7.11 Å². The largest absolute Gasteiger partial charge is 0.479 e. The maximum atomic E-state index is 12.5. The van der Waals surface area contributed by atoms with Crippen molar-refractivity contribution in [3.8, 4) is 0 Å². The van der Waals surface area contributed by atoms with E-state index in [1.54, 1.807) is 0 Å². The Kier molecular flexibility index (Phi) is 4.39. The summed E-state index contributed by atoms with van der Waals surface area (Å²) in [6, 6.07) is 3.77. The van der Waals surface area contributed by atoms with Gasteiger partial charge in [-0.25, -0.2) is 9.59 Å². The SMILES string of the molecule is COC(Cc1cccc(C(F)(F)F)c1)(C(=O)O)C(=O)O. The first-order valence-electron chi connectivity index (χ1n) is 5.31. The van der Waals surface area contributed by atoms with E-state index in [-0.39, 0.29) is 5.56 Å². The average Bonchev–Trinajstić information content (AvgIpc) is 2.34. The standard InChI is InChI=1S/C12H11F3O5/c1-20-11(9(16)17,10(18)19)6-7-3-2-4-8(5-7)12(13,14)15/h2-5H,6H2,1H3,(H,16,17)(H,18,19). The summed E-state index contributed by atoms with van der Waals surface area (Å²) in [4.78, 5) is 22.1. The highest BCUT2D eigenvalue weighted by atomic mass is 19.4. The van der Waals surface area contributed by atoms with E-state index in [9.17, 15) is 22.8 Å². The zero-order valence-corrected chi connectivity index (χ0v) is 10.3. The Morgan fingerprint density at radius 2 is 1.75 bits per heavy atom. The Labute approximate surface area is 111 Å². The third-order valence-electron chi connectivity index (χ3n) is 2.75. The number of ether oxygens (including phenoxy) is 1. The molecule has 0 aliphatic rings. The molecule has 0 fully saturated rings. The molecule has 2 N–H and O–H groups in total. The van der Waals surface area contributed by atoms with E-state index in [1.807, 2.05) is 0 Å². The molecule has 0 saturated carbocycles. The molecule has 5 nitrogen and oxygen atoms in total. The van der Waals surface area contributed by atoms with Crippen molar-refractivity contribution in [1.82, 2.24) is 0 Å². The van der Waals surface area contributed by atoms with Crippen LogP contribution in [0.15, 0.2) is 24.3 Å². The minimum Gasteiger partial charge on any atom is -0.479 e. The average molecular weight is 292 g/mol. The second-order valence-corrected chi connectivity index (χ2v) is 4.02. The normalized spacial score (nSPS) is 12.2. The Hall–Kier alpha value is -2.09. The molecule has 8 heteroatoms. The van der Waals surface area contributed by atoms with Crippen LogP contribution in [0.25, 0.3) is 0 Å². The Balaban J connectivity index is 3.19. The first kappa shape index (κ1) is 16.0. The van der Waals surface area contributed by atoms with Gasteiger partial charge in [0.25, 0.3) is 5.60 Å². The second kappa shape index (κ2) is 5.49. The van der Waals surface area contributed by atoms with Gasteiger partial charge in [0.2, 0.25) is 0 Å². The van der Waals surface area contributed by atoms with Crippen molar-refractivity contribution in [2.24, 2.45) is 0 Å². The molecule has 0 heterocycles. The number of halogens is 3. The molecule has 0 saturated heterocycles. The molecule has 1 rings (SSSR count). The molecule has 1 aromatic rings. The molecule has 0 amide bonds. The van der Waals surface area contributed by atoms with Gasteiger partial charge in [0.1, 0.15) is 0 Å². The molecular formula is C12H11F3O5. The molecule has 0 radical (unpaired) electrons. The summed E-state index contributed by atoms with van der Waals surface area (Å²) in [6.07, 6.45) is -5.32. The Morgan fingerprint density at radius 3 is 2.15 bits per heavy atom. The fourth-order valence-corrected chi connectivity index (χ4v) is 1.63. The van der Waals surface area contributed by atoms with Gasteiger partial charge < -0.3 is 14.9 Å². The van der Waals surface area contributed by atoms with Gasteiger partial charge in [0.15, 0.2) is 0 Å². The molecule has 20 heavy (non-hydrogen) atoms. The zero-order valence-electron chi connectivity index (χ0n) is 10.3. The van der Waals surface area contributed by atoms with E-state index < -0.39 is 35.7 Å². The first-order valence-corrected chi connectivity index (χ1v) is 5.31. The molecule has 0 atom stereocenters. The third kappa shape index (κ3) is 3.08. The predicted octanol–water partition coefficient (Wildman–Crippen LogP) is 1.80. The fourth-order valence-electron chi connectivity index (χ4n) is 1.63. The number of aliphatic carboxylic acids is 2. The van der Waals surface area contributed by atoms with Crippen LogP contribution in [-0.2, 0) is 26.9 Å². The summed E-state index contributed by atoms with van der Waals surface area (Å²) >= 11 is 0.